The van der Waals surface area contributed by atoms with Gasteiger partial charge in [0.05, 0.1) is 6.54 Å². The Labute approximate surface area is 163 Å². The summed E-state index contributed by atoms with van der Waals surface area (Å²) in [5.41, 5.74) is 3.17. The number of esters is 1. The first-order chi connectivity index (χ1) is 13.0. The minimum atomic E-state index is -0.742. The number of halogens is 1. The molecule has 1 aliphatic heterocycles. The highest BCUT2D eigenvalue weighted by Gasteiger charge is 2.20. The summed E-state index contributed by atoms with van der Waals surface area (Å²) in [6, 6.07) is 7.41. The van der Waals surface area contributed by atoms with Gasteiger partial charge >= 0.3 is 5.97 Å². The second-order valence-electron chi connectivity index (χ2n) is 5.58. The molecule has 10 heteroatoms. The Morgan fingerprint density at radius 2 is 2.15 bits per heavy atom. The van der Waals surface area contributed by atoms with Crippen LogP contribution in [0.4, 0.5) is 0 Å². The second-order valence-corrected chi connectivity index (χ2v) is 6.86. The van der Waals surface area contributed by atoms with Crippen molar-refractivity contribution in [3.05, 3.63) is 51.2 Å². The molecule has 8 nitrogen and oxygen atoms in total. The van der Waals surface area contributed by atoms with Gasteiger partial charge in [0, 0.05) is 29.4 Å². The zero-order valence-corrected chi connectivity index (χ0v) is 15.6. The molecule has 1 N–H and O–H groups in total. The molecule has 2 aromatic rings. The van der Waals surface area contributed by atoms with E-state index >= 15 is 0 Å². The lowest BCUT2D eigenvalue weighted by atomic mass is 10.2. The van der Waals surface area contributed by atoms with Crippen LogP contribution < -0.4 is 10.2 Å². The van der Waals surface area contributed by atoms with E-state index < -0.39 is 18.5 Å². The smallest absolute Gasteiger partial charge is 0.355 e. The first kappa shape index (κ1) is 19.0. The fourth-order valence-corrected chi connectivity index (χ4v) is 3.23. The van der Waals surface area contributed by atoms with Gasteiger partial charge < -0.3 is 9.30 Å². The normalized spacial score (nSPS) is 14.5. The zero-order valence-electron chi connectivity index (χ0n) is 14.1. The minimum absolute atomic E-state index is 0.0762. The Balaban J connectivity index is 1.63. The SMILES string of the molecule is O=C(COC(=O)C1=NNC(=O)CC1)N=c1sccn1Cc1ccccc1Cl. The molecule has 0 atom stereocenters. The predicted molar refractivity (Wildman–Crippen MR) is 99.2 cm³/mol. The van der Waals surface area contributed by atoms with Crippen LogP contribution in [0.25, 0.3) is 0 Å². The molecule has 0 spiro atoms. The van der Waals surface area contributed by atoms with Gasteiger partial charge in [-0.2, -0.15) is 10.1 Å². The molecule has 0 saturated carbocycles. The van der Waals surface area contributed by atoms with Gasteiger partial charge in [0.1, 0.15) is 5.71 Å². The molecule has 27 heavy (non-hydrogen) atoms. The number of carbonyl (C=O) groups is 3. The molecule has 1 aromatic carbocycles. The van der Waals surface area contributed by atoms with E-state index in [0.29, 0.717) is 16.4 Å². The van der Waals surface area contributed by atoms with Crippen LogP contribution in [-0.4, -0.2) is 34.7 Å². The van der Waals surface area contributed by atoms with Crippen LogP contribution in [0.3, 0.4) is 0 Å². The summed E-state index contributed by atoms with van der Waals surface area (Å²) in [6.45, 7) is -0.0403. The molecular formula is C17H15ClN4O4S. The number of thiazole rings is 1. The molecule has 1 aliphatic rings. The molecular weight excluding hydrogens is 392 g/mol. The molecule has 0 fully saturated rings. The fourth-order valence-electron chi connectivity index (χ4n) is 2.29. The van der Waals surface area contributed by atoms with Crippen molar-refractivity contribution in [1.29, 1.82) is 0 Å². The number of nitrogens with one attached hydrogen (secondary N) is 1. The first-order valence-electron chi connectivity index (χ1n) is 8.00. The van der Waals surface area contributed by atoms with Crippen molar-refractivity contribution >= 4 is 46.4 Å². The Morgan fingerprint density at radius 1 is 1.33 bits per heavy atom. The van der Waals surface area contributed by atoms with Crippen molar-refractivity contribution in [2.45, 2.75) is 19.4 Å². The van der Waals surface area contributed by atoms with E-state index in [2.05, 4.69) is 15.5 Å². The number of amides is 2. The van der Waals surface area contributed by atoms with Crippen LogP contribution in [0.1, 0.15) is 18.4 Å². The number of ether oxygens (including phenoxy) is 1. The highest BCUT2D eigenvalue weighted by molar-refractivity contribution is 7.07. The van der Waals surface area contributed by atoms with E-state index in [9.17, 15) is 14.4 Å². The monoisotopic (exact) mass is 406 g/mol. The van der Waals surface area contributed by atoms with Gasteiger partial charge in [-0.3, -0.25) is 9.59 Å². The average Bonchev–Trinajstić information content (AvgIpc) is 3.09. The van der Waals surface area contributed by atoms with E-state index in [-0.39, 0.29) is 24.5 Å². The number of hydrazone groups is 1. The lowest BCUT2D eigenvalue weighted by Gasteiger charge is -2.10. The summed E-state index contributed by atoms with van der Waals surface area (Å²) in [5.74, 6) is -1.61. The van der Waals surface area contributed by atoms with Crippen molar-refractivity contribution in [1.82, 2.24) is 9.99 Å². The highest BCUT2D eigenvalue weighted by Crippen LogP contribution is 2.15. The Hall–Kier alpha value is -2.78. The molecule has 0 unspecified atom stereocenters. The van der Waals surface area contributed by atoms with Crippen molar-refractivity contribution in [2.24, 2.45) is 10.1 Å². The standard InChI is InChI=1S/C17H15ClN4O4S/c18-12-4-2-1-3-11(12)9-22-7-8-27-17(22)19-15(24)10-26-16(25)13-5-6-14(23)21-20-13/h1-4,7-8H,5-6,9-10H2,(H,21,23). The van der Waals surface area contributed by atoms with Gasteiger partial charge in [0.15, 0.2) is 11.4 Å². The van der Waals surface area contributed by atoms with Crippen LogP contribution in [-0.2, 0) is 25.7 Å². The van der Waals surface area contributed by atoms with Crippen molar-refractivity contribution in [3.63, 3.8) is 0 Å². The number of hydrogen-bond acceptors (Lipinski definition) is 6. The summed E-state index contributed by atoms with van der Waals surface area (Å²) >= 11 is 7.45. The molecule has 0 saturated heterocycles. The molecule has 0 bridgehead atoms. The zero-order chi connectivity index (χ0) is 19.2. The van der Waals surface area contributed by atoms with Gasteiger partial charge in [0.2, 0.25) is 5.91 Å². The quantitative estimate of drug-likeness (QED) is 0.760. The van der Waals surface area contributed by atoms with E-state index in [1.54, 1.807) is 22.2 Å². The maximum atomic E-state index is 12.0. The Morgan fingerprint density at radius 3 is 2.89 bits per heavy atom. The van der Waals surface area contributed by atoms with Crippen LogP contribution in [0.5, 0.6) is 0 Å². The van der Waals surface area contributed by atoms with Gasteiger partial charge in [-0.05, 0) is 11.6 Å². The van der Waals surface area contributed by atoms with E-state index in [1.165, 1.54) is 11.3 Å². The summed E-state index contributed by atoms with van der Waals surface area (Å²) in [4.78, 5) is 39.3. The van der Waals surface area contributed by atoms with Crippen molar-refractivity contribution in [2.75, 3.05) is 6.61 Å². The fraction of sp³-hybridized carbons (Fsp3) is 0.235. The topological polar surface area (TPSA) is 102 Å². The number of benzene rings is 1. The van der Waals surface area contributed by atoms with Crippen LogP contribution in [0.2, 0.25) is 5.02 Å². The number of rotatable bonds is 5. The van der Waals surface area contributed by atoms with Gasteiger partial charge in [-0.25, -0.2) is 10.2 Å². The van der Waals surface area contributed by atoms with Crippen LogP contribution in [0.15, 0.2) is 45.9 Å². The van der Waals surface area contributed by atoms with Crippen molar-refractivity contribution in [3.8, 4) is 0 Å². The summed E-state index contributed by atoms with van der Waals surface area (Å²) in [5, 5.41) is 6.05. The number of hydrogen-bond donors (Lipinski definition) is 1. The Bertz CT molecular complexity index is 979. The molecule has 0 radical (unpaired) electrons. The van der Waals surface area contributed by atoms with Gasteiger partial charge in [-0.15, -0.1) is 11.3 Å². The van der Waals surface area contributed by atoms with E-state index in [0.717, 1.165) is 5.56 Å². The van der Waals surface area contributed by atoms with Crippen LogP contribution in [0, 0.1) is 0 Å². The third-order valence-corrected chi connectivity index (χ3v) is 4.81. The maximum Gasteiger partial charge on any atom is 0.355 e. The number of carbonyl (C=O) groups excluding carboxylic acids is 3. The summed E-state index contributed by atoms with van der Waals surface area (Å²) in [7, 11) is 0. The number of nitrogens with zero attached hydrogens (tertiary/aromatic N) is 3. The summed E-state index contributed by atoms with van der Waals surface area (Å²) in [6.07, 6.45) is 2.13. The van der Waals surface area contributed by atoms with Crippen LogP contribution >= 0.6 is 22.9 Å². The molecule has 140 valence electrons. The Kier molecular flexibility index (Phi) is 6.15. The third kappa shape index (κ3) is 5.11. The summed E-state index contributed by atoms with van der Waals surface area (Å²) < 4.78 is 6.70. The number of aromatic nitrogens is 1. The third-order valence-electron chi connectivity index (χ3n) is 3.65. The molecule has 2 amide bonds. The molecule has 0 aliphatic carbocycles. The second kappa shape index (κ2) is 8.74. The molecule has 1 aromatic heterocycles. The van der Waals surface area contributed by atoms with E-state index in [4.69, 9.17) is 16.3 Å². The van der Waals surface area contributed by atoms with E-state index in [1.807, 2.05) is 18.2 Å². The lowest BCUT2D eigenvalue weighted by Crippen LogP contribution is -2.31. The van der Waals surface area contributed by atoms with Crippen molar-refractivity contribution < 1.29 is 19.1 Å². The predicted octanol–water partition coefficient (Wildman–Crippen LogP) is 1.49. The molecule has 2 heterocycles. The lowest BCUT2D eigenvalue weighted by molar-refractivity contribution is -0.141. The minimum Gasteiger partial charge on any atom is -0.451 e. The first-order valence-corrected chi connectivity index (χ1v) is 9.26. The molecule has 3 rings (SSSR count). The highest BCUT2D eigenvalue weighted by atomic mass is 35.5. The van der Waals surface area contributed by atoms with Gasteiger partial charge in [0.25, 0.3) is 5.91 Å². The maximum absolute atomic E-state index is 12.0. The van der Waals surface area contributed by atoms with Gasteiger partial charge in [-0.1, -0.05) is 29.8 Å². The average molecular weight is 407 g/mol. The largest absolute Gasteiger partial charge is 0.451 e.